The summed E-state index contributed by atoms with van der Waals surface area (Å²) in [7, 11) is 0. The van der Waals surface area contributed by atoms with E-state index in [4.69, 9.17) is 4.74 Å². The average Bonchev–Trinajstić information content (AvgIpc) is 3.08. The molecule has 204 valence electrons. The molecule has 0 radical (unpaired) electrons. The van der Waals surface area contributed by atoms with E-state index in [0.29, 0.717) is 17.7 Å². The Balaban J connectivity index is 1.69. The van der Waals surface area contributed by atoms with Crippen LogP contribution in [0.1, 0.15) is 67.0 Å². The number of benzene rings is 3. The van der Waals surface area contributed by atoms with E-state index in [1.165, 1.54) is 12.1 Å². The highest BCUT2D eigenvalue weighted by Crippen LogP contribution is 2.44. The van der Waals surface area contributed by atoms with Crippen LogP contribution in [0.25, 0.3) is 17.2 Å². The molecule has 1 aliphatic rings. The van der Waals surface area contributed by atoms with Gasteiger partial charge in [-0.15, -0.1) is 0 Å². The topological polar surface area (TPSA) is 69.6 Å². The van der Waals surface area contributed by atoms with Gasteiger partial charge in [-0.1, -0.05) is 26.0 Å². The minimum absolute atomic E-state index is 0.0137. The summed E-state index contributed by atoms with van der Waals surface area (Å²) in [6, 6.07) is 16.0. The SMILES string of the molecule is CC1=C(CC(=O)Oc2cc(C)cc(C)c2C(C)(C)CCO)c2cc(F)ccc2/C1=C\c1ccc([S+](C)[O-])cc1. The quantitative estimate of drug-likeness (QED) is 0.185. The summed E-state index contributed by atoms with van der Waals surface area (Å²) in [6.45, 7) is 9.97. The van der Waals surface area contributed by atoms with Crippen molar-refractivity contribution in [1.82, 2.24) is 0 Å². The third-order valence-electron chi connectivity index (χ3n) is 7.38. The first-order chi connectivity index (χ1) is 18.4. The number of aliphatic hydroxyl groups is 1. The van der Waals surface area contributed by atoms with Crippen molar-refractivity contribution in [3.63, 3.8) is 0 Å². The van der Waals surface area contributed by atoms with Crippen LogP contribution in [0.5, 0.6) is 5.75 Å². The minimum Gasteiger partial charge on any atom is -0.612 e. The fourth-order valence-electron chi connectivity index (χ4n) is 5.49. The smallest absolute Gasteiger partial charge is 0.315 e. The predicted octanol–water partition coefficient (Wildman–Crippen LogP) is 7.16. The molecule has 3 aromatic carbocycles. The molecule has 3 aromatic rings. The van der Waals surface area contributed by atoms with E-state index in [9.17, 15) is 18.8 Å². The van der Waals surface area contributed by atoms with Crippen molar-refractivity contribution in [1.29, 1.82) is 0 Å². The van der Waals surface area contributed by atoms with E-state index in [1.807, 2.05) is 71.0 Å². The number of esters is 1. The van der Waals surface area contributed by atoms with E-state index in [1.54, 1.807) is 12.3 Å². The molecule has 0 bridgehead atoms. The van der Waals surface area contributed by atoms with Gasteiger partial charge in [-0.2, -0.15) is 0 Å². The van der Waals surface area contributed by atoms with Gasteiger partial charge in [0.2, 0.25) is 0 Å². The molecule has 6 heteroatoms. The molecule has 0 aromatic heterocycles. The Morgan fingerprint density at radius 3 is 2.38 bits per heavy atom. The van der Waals surface area contributed by atoms with Crippen LogP contribution in [0.4, 0.5) is 4.39 Å². The van der Waals surface area contributed by atoms with Gasteiger partial charge in [-0.3, -0.25) is 4.79 Å². The number of hydrogen-bond acceptors (Lipinski definition) is 4. The number of halogens is 1. The zero-order chi connectivity index (χ0) is 28.5. The molecule has 1 N–H and O–H groups in total. The molecule has 0 heterocycles. The lowest BCUT2D eigenvalue weighted by molar-refractivity contribution is -0.133. The number of carbonyl (C=O) groups excluding carboxylic acids is 1. The van der Waals surface area contributed by atoms with E-state index < -0.39 is 22.6 Å². The maximum atomic E-state index is 14.4. The fourth-order valence-corrected chi connectivity index (χ4v) is 6.01. The number of carbonyl (C=O) groups is 1. The van der Waals surface area contributed by atoms with Gasteiger partial charge in [0.05, 0.1) is 6.42 Å². The summed E-state index contributed by atoms with van der Waals surface area (Å²) in [6.07, 6.45) is 4.16. The molecule has 0 spiro atoms. The first kappa shape index (κ1) is 28.8. The lowest BCUT2D eigenvalue weighted by Crippen LogP contribution is -2.23. The van der Waals surface area contributed by atoms with Crippen molar-refractivity contribution in [3.8, 4) is 5.75 Å². The number of allylic oxidation sites excluding steroid dienone is 2. The van der Waals surface area contributed by atoms with Gasteiger partial charge in [0.15, 0.2) is 4.90 Å². The fraction of sp³-hybridized carbons (Fsp3) is 0.303. The van der Waals surface area contributed by atoms with Crippen molar-refractivity contribution >= 4 is 34.4 Å². The summed E-state index contributed by atoms with van der Waals surface area (Å²) in [5, 5.41) is 9.62. The predicted molar refractivity (Wildman–Crippen MR) is 157 cm³/mol. The largest absolute Gasteiger partial charge is 0.612 e. The molecule has 0 fully saturated rings. The number of fused-ring (bicyclic) bond motifs is 1. The Bertz CT molecular complexity index is 1470. The molecule has 1 atom stereocenters. The van der Waals surface area contributed by atoms with E-state index in [-0.39, 0.29) is 18.8 Å². The van der Waals surface area contributed by atoms with Gasteiger partial charge in [-0.05, 0) is 137 Å². The van der Waals surface area contributed by atoms with Gasteiger partial charge >= 0.3 is 5.97 Å². The summed E-state index contributed by atoms with van der Waals surface area (Å²) in [4.78, 5) is 14.1. The summed E-state index contributed by atoms with van der Waals surface area (Å²) in [5.41, 5.74) is 7.47. The number of rotatable bonds is 8. The molecule has 0 amide bonds. The minimum atomic E-state index is -1.06. The molecular formula is C33H35FO4S. The molecule has 4 nitrogen and oxygen atoms in total. The number of aryl methyl sites for hydroxylation is 2. The normalized spacial score (nSPS) is 15.1. The van der Waals surface area contributed by atoms with Gasteiger partial charge < -0.3 is 14.4 Å². The Hall–Kier alpha value is -3.19. The monoisotopic (exact) mass is 546 g/mol. The maximum absolute atomic E-state index is 14.4. The summed E-state index contributed by atoms with van der Waals surface area (Å²) in [5.74, 6) is -0.303. The van der Waals surface area contributed by atoms with Crippen LogP contribution in [0, 0.1) is 19.7 Å². The van der Waals surface area contributed by atoms with Crippen LogP contribution in [0.2, 0.25) is 0 Å². The van der Waals surface area contributed by atoms with Crippen LogP contribution in [0.3, 0.4) is 0 Å². The van der Waals surface area contributed by atoms with Crippen LogP contribution >= 0.6 is 0 Å². The van der Waals surface area contributed by atoms with Crippen molar-refractivity contribution in [2.24, 2.45) is 0 Å². The van der Waals surface area contributed by atoms with Gasteiger partial charge in [0.1, 0.15) is 17.8 Å². The average molecular weight is 547 g/mol. The molecule has 4 rings (SSSR count). The zero-order valence-corrected chi connectivity index (χ0v) is 24.2. The Morgan fingerprint density at radius 2 is 1.74 bits per heavy atom. The van der Waals surface area contributed by atoms with Crippen LogP contribution in [-0.4, -0.2) is 28.5 Å². The number of ether oxygens (including phenoxy) is 1. The second kappa shape index (κ2) is 11.5. The van der Waals surface area contributed by atoms with Gasteiger partial charge in [0.25, 0.3) is 0 Å². The lowest BCUT2D eigenvalue weighted by Gasteiger charge is -2.29. The van der Waals surface area contributed by atoms with Crippen molar-refractivity contribution in [2.75, 3.05) is 12.9 Å². The van der Waals surface area contributed by atoms with E-state index in [0.717, 1.165) is 49.4 Å². The highest BCUT2D eigenvalue weighted by Gasteiger charge is 2.30. The summed E-state index contributed by atoms with van der Waals surface area (Å²) < 4.78 is 32.1. The van der Waals surface area contributed by atoms with Gasteiger partial charge in [0, 0.05) is 12.2 Å². The second-order valence-electron chi connectivity index (χ2n) is 10.8. The molecular weight excluding hydrogens is 511 g/mol. The van der Waals surface area contributed by atoms with Crippen molar-refractivity contribution in [2.45, 2.75) is 57.8 Å². The molecule has 0 saturated carbocycles. The first-order valence-electron chi connectivity index (χ1n) is 13.0. The third kappa shape index (κ3) is 6.19. The van der Waals surface area contributed by atoms with E-state index >= 15 is 0 Å². The highest BCUT2D eigenvalue weighted by molar-refractivity contribution is 7.90. The highest BCUT2D eigenvalue weighted by atomic mass is 32.2. The molecule has 39 heavy (non-hydrogen) atoms. The zero-order valence-electron chi connectivity index (χ0n) is 23.4. The Kier molecular flexibility index (Phi) is 8.50. The second-order valence-corrected chi connectivity index (χ2v) is 12.2. The van der Waals surface area contributed by atoms with Crippen molar-refractivity contribution in [3.05, 3.63) is 99.4 Å². The lowest BCUT2D eigenvalue weighted by atomic mass is 9.78. The standard InChI is InChI=1S/C33H35FO4S/c1-20-15-21(2)32(33(4,5)13-14-35)30(16-20)38-31(36)19-28-22(3)27(26-12-9-24(34)18-29(26)28)17-23-7-10-25(11-8-23)39(6)37/h7-12,15-18,35H,13-14,19H2,1-6H3/b27-17-. The number of aliphatic hydroxyl groups excluding tert-OH is 1. The molecule has 1 unspecified atom stereocenters. The number of hydrogen-bond donors (Lipinski definition) is 1. The summed E-state index contributed by atoms with van der Waals surface area (Å²) >= 11 is -1.06. The third-order valence-corrected chi connectivity index (χ3v) is 8.31. The molecule has 1 aliphatic carbocycles. The Labute approximate surface area is 233 Å². The van der Waals surface area contributed by atoms with E-state index in [2.05, 4.69) is 6.07 Å². The molecule has 0 saturated heterocycles. The van der Waals surface area contributed by atoms with Crippen LogP contribution in [-0.2, 0) is 21.4 Å². The van der Waals surface area contributed by atoms with Crippen molar-refractivity contribution < 1.29 is 23.6 Å². The van der Waals surface area contributed by atoms with Crippen LogP contribution < -0.4 is 4.74 Å². The Morgan fingerprint density at radius 1 is 1.05 bits per heavy atom. The maximum Gasteiger partial charge on any atom is 0.315 e. The molecule has 0 aliphatic heterocycles. The van der Waals surface area contributed by atoms with Crippen LogP contribution in [0.15, 0.2) is 65.1 Å². The van der Waals surface area contributed by atoms with Gasteiger partial charge in [-0.25, -0.2) is 4.39 Å². The first-order valence-corrected chi connectivity index (χ1v) is 14.6.